The summed E-state index contributed by atoms with van der Waals surface area (Å²) in [6, 6.07) is 8.46. The summed E-state index contributed by atoms with van der Waals surface area (Å²) in [7, 11) is 1.63. The van der Waals surface area contributed by atoms with Crippen LogP contribution in [0.5, 0.6) is 5.88 Å². The Balaban J connectivity index is 1.60. The summed E-state index contributed by atoms with van der Waals surface area (Å²) in [5, 5.41) is 14.4. The van der Waals surface area contributed by atoms with Gasteiger partial charge in [0.2, 0.25) is 5.88 Å². The molecule has 0 bridgehead atoms. The molecule has 3 fully saturated rings. The third-order valence-corrected chi connectivity index (χ3v) is 9.04. The van der Waals surface area contributed by atoms with E-state index >= 15 is 0 Å². The van der Waals surface area contributed by atoms with E-state index < -0.39 is 35.5 Å². The van der Waals surface area contributed by atoms with Gasteiger partial charge in [-0.2, -0.15) is 0 Å². The molecule has 1 aromatic heterocycles. The van der Waals surface area contributed by atoms with Crippen molar-refractivity contribution in [2.45, 2.75) is 109 Å². The standard InChI is InChI=1S/C33H45N3O5/c1-19(2)41-32(39)36-28(25-13-8-7-12-24(25)21-14-15-21)27(26(33(3,4)5)29(36)31(37)38)34-18-23-16-22(20-10-9-11-20)17-35-30(23)40-6/h7-8,12-13,16-17,19-21,26-29,34H,9-11,14-15,18H2,1-6H3,(H,37,38)/t26-,27-,28-,29-/m0/s1. The van der Waals surface area contributed by atoms with E-state index in [4.69, 9.17) is 9.47 Å². The quantitative estimate of drug-likeness (QED) is 0.364. The molecule has 5 rings (SSSR count). The number of hydrogen-bond donors (Lipinski definition) is 2. The van der Waals surface area contributed by atoms with E-state index in [9.17, 15) is 14.7 Å². The van der Waals surface area contributed by atoms with E-state index in [2.05, 4.69) is 49.3 Å². The van der Waals surface area contributed by atoms with Gasteiger partial charge in [-0.1, -0.05) is 51.5 Å². The number of carboxylic acids is 1. The lowest BCUT2D eigenvalue weighted by molar-refractivity contribution is -0.144. The number of aromatic nitrogens is 1. The van der Waals surface area contributed by atoms with Crippen molar-refractivity contribution in [3.8, 4) is 5.88 Å². The maximum Gasteiger partial charge on any atom is 0.411 e. The summed E-state index contributed by atoms with van der Waals surface area (Å²) in [4.78, 5) is 33.0. The van der Waals surface area contributed by atoms with Gasteiger partial charge in [0.15, 0.2) is 0 Å². The zero-order valence-corrected chi connectivity index (χ0v) is 25.2. The molecule has 2 N–H and O–H groups in total. The Labute approximate surface area is 243 Å². The first-order valence-corrected chi connectivity index (χ1v) is 15.1. The molecule has 222 valence electrons. The van der Waals surface area contributed by atoms with E-state index in [-0.39, 0.29) is 12.1 Å². The van der Waals surface area contributed by atoms with Crippen LogP contribution in [0.4, 0.5) is 4.79 Å². The molecule has 1 saturated heterocycles. The topological polar surface area (TPSA) is 101 Å². The van der Waals surface area contributed by atoms with Crippen molar-refractivity contribution in [2.75, 3.05) is 7.11 Å². The molecule has 3 aliphatic rings. The number of methoxy groups -OCH3 is 1. The van der Waals surface area contributed by atoms with E-state index in [0.29, 0.717) is 24.3 Å². The Hall–Kier alpha value is -3.13. The first-order valence-electron chi connectivity index (χ1n) is 15.1. The Morgan fingerprint density at radius 1 is 1.10 bits per heavy atom. The van der Waals surface area contributed by atoms with E-state index in [1.54, 1.807) is 21.0 Å². The molecule has 4 atom stereocenters. The molecule has 2 aromatic rings. The van der Waals surface area contributed by atoms with Crippen LogP contribution in [0, 0.1) is 11.3 Å². The Morgan fingerprint density at radius 3 is 2.32 bits per heavy atom. The van der Waals surface area contributed by atoms with Crippen LogP contribution in [-0.2, 0) is 16.1 Å². The molecule has 0 radical (unpaired) electrons. The number of benzene rings is 1. The monoisotopic (exact) mass is 563 g/mol. The van der Waals surface area contributed by atoms with Crippen molar-refractivity contribution in [3.63, 3.8) is 0 Å². The number of nitrogens with one attached hydrogen (secondary N) is 1. The largest absolute Gasteiger partial charge is 0.481 e. The zero-order chi connectivity index (χ0) is 29.5. The maximum absolute atomic E-state index is 13.8. The van der Waals surface area contributed by atoms with Gasteiger partial charge in [-0.3, -0.25) is 4.90 Å². The van der Waals surface area contributed by atoms with Crippen LogP contribution in [0.1, 0.15) is 107 Å². The van der Waals surface area contributed by atoms with Crippen molar-refractivity contribution in [2.24, 2.45) is 11.3 Å². The van der Waals surface area contributed by atoms with Crippen molar-refractivity contribution in [1.29, 1.82) is 0 Å². The van der Waals surface area contributed by atoms with Crippen molar-refractivity contribution < 1.29 is 24.2 Å². The highest BCUT2D eigenvalue weighted by atomic mass is 16.6. The third-order valence-electron chi connectivity index (χ3n) is 9.04. The minimum absolute atomic E-state index is 0.354. The van der Waals surface area contributed by atoms with Crippen LogP contribution in [0.15, 0.2) is 36.5 Å². The summed E-state index contributed by atoms with van der Waals surface area (Å²) in [5.41, 5.74) is 3.91. The van der Waals surface area contributed by atoms with Crippen LogP contribution in [0.25, 0.3) is 0 Å². The highest BCUT2D eigenvalue weighted by Crippen LogP contribution is 2.52. The number of nitrogens with zero attached hydrogens (tertiary/aromatic N) is 2. The molecular formula is C33H45N3O5. The van der Waals surface area contributed by atoms with Gasteiger partial charge in [0.25, 0.3) is 0 Å². The SMILES string of the molecule is COc1ncc(C2CCC2)cc1CN[C@H]1[C@H](C(C)(C)C)[C@@H](C(=O)O)N(C(=O)OC(C)C)[C@H]1c1ccccc1C1CC1. The fourth-order valence-electron chi connectivity index (χ4n) is 6.83. The lowest BCUT2D eigenvalue weighted by atomic mass is 9.72. The second-order valence-corrected chi connectivity index (χ2v) is 13.3. The lowest BCUT2D eigenvalue weighted by Gasteiger charge is -2.35. The average molecular weight is 564 g/mol. The number of carboxylic acid groups (broad SMARTS) is 1. The number of hydrogen-bond acceptors (Lipinski definition) is 6. The minimum Gasteiger partial charge on any atom is -0.481 e. The molecule has 1 amide bonds. The van der Waals surface area contributed by atoms with Gasteiger partial charge in [0, 0.05) is 30.3 Å². The lowest BCUT2D eigenvalue weighted by Crippen LogP contribution is -2.48. The molecule has 8 nitrogen and oxygen atoms in total. The molecule has 0 unspecified atom stereocenters. The van der Waals surface area contributed by atoms with Crippen LogP contribution >= 0.6 is 0 Å². The van der Waals surface area contributed by atoms with E-state index in [0.717, 1.165) is 24.0 Å². The number of rotatable bonds is 9. The minimum atomic E-state index is -1.06. The first kappa shape index (κ1) is 29.4. The van der Waals surface area contributed by atoms with E-state index in [1.807, 2.05) is 18.3 Å². The third kappa shape index (κ3) is 5.94. The number of pyridine rings is 1. The number of carbonyl (C=O) groups is 2. The second-order valence-electron chi connectivity index (χ2n) is 13.3. The van der Waals surface area contributed by atoms with Crippen molar-refractivity contribution >= 4 is 12.1 Å². The summed E-state index contributed by atoms with van der Waals surface area (Å²) in [5.74, 6) is 0.0968. The van der Waals surface area contributed by atoms with Gasteiger partial charge in [-0.15, -0.1) is 0 Å². The summed E-state index contributed by atoms with van der Waals surface area (Å²) >= 11 is 0. The number of carbonyl (C=O) groups excluding carboxylic acids is 1. The number of amides is 1. The van der Waals surface area contributed by atoms with Crippen molar-refractivity contribution in [1.82, 2.24) is 15.2 Å². The number of aliphatic carboxylic acids is 1. The highest BCUT2D eigenvalue weighted by Gasteiger charge is 2.59. The van der Waals surface area contributed by atoms with Gasteiger partial charge < -0.3 is 19.9 Å². The average Bonchev–Trinajstić information content (AvgIpc) is 3.65. The van der Waals surface area contributed by atoms with Gasteiger partial charge in [-0.05, 0) is 79.5 Å². The highest BCUT2D eigenvalue weighted by molar-refractivity contribution is 5.82. The Bertz CT molecular complexity index is 1260. The summed E-state index contributed by atoms with van der Waals surface area (Å²) < 4.78 is 11.4. The normalized spacial score (nSPS) is 24.8. The molecule has 1 aromatic carbocycles. The summed E-state index contributed by atoms with van der Waals surface area (Å²) in [6.45, 7) is 10.2. The number of ether oxygens (including phenoxy) is 2. The molecule has 1 aliphatic heterocycles. The Morgan fingerprint density at radius 2 is 1.78 bits per heavy atom. The van der Waals surface area contributed by atoms with Crippen LogP contribution in [0.2, 0.25) is 0 Å². The fraction of sp³-hybridized carbons (Fsp3) is 0.606. The van der Waals surface area contributed by atoms with E-state index in [1.165, 1.54) is 35.3 Å². The van der Waals surface area contributed by atoms with Crippen LogP contribution in [0.3, 0.4) is 0 Å². The van der Waals surface area contributed by atoms with Gasteiger partial charge in [-0.25, -0.2) is 14.6 Å². The fourth-order valence-corrected chi connectivity index (χ4v) is 6.83. The molecule has 2 heterocycles. The van der Waals surface area contributed by atoms with Gasteiger partial charge in [0.05, 0.1) is 19.3 Å². The number of likely N-dealkylation sites (tertiary alicyclic amines) is 1. The van der Waals surface area contributed by atoms with Gasteiger partial charge in [0.1, 0.15) is 6.04 Å². The molecule has 0 spiro atoms. The predicted octanol–water partition coefficient (Wildman–Crippen LogP) is 6.41. The Kier molecular flexibility index (Phi) is 8.33. The molecular weight excluding hydrogens is 518 g/mol. The molecule has 2 aliphatic carbocycles. The van der Waals surface area contributed by atoms with Crippen LogP contribution in [-0.4, -0.2) is 52.4 Å². The maximum atomic E-state index is 13.8. The van der Waals surface area contributed by atoms with Crippen molar-refractivity contribution in [3.05, 3.63) is 58.8 Å². The smallest absolute Gasteiger partial charge is 0.411 e. The predicted molar refractivity (Wildman–Crippen MR) is 157 cm³/mol. The molecule has 41 heavy (non-hydrogen) atoms. The summed E-state index contributed by atoms with van der Waals surface area (Å²) in [6.07, 6.45) is 6.72. The first-order chi connectivity index (χ1) is 19.5. The zero-order valence-electron chi connectivity index (χ0n) is 25.2. The molecule has 2 saturated carbocycles. The second kappa shape index (κ2) is 11.6. The van der Waals surface area contributed by atoms with Crippen LogP contribution < -0.4 is 10.1 Å². The molecule has 8 heteroatoms. The van der Waals surface area contributed by atoms with Gasteiger partial charge >= 0.3 is 12.1 Å².